The summed E-state index contributed by atoms with van der Waals surface area (Å²) in [5.41, 5.74) is 5.04. The maximum absolute atomic E-state index is 5.23. The van der Waals surface area contributed by atoms with Crippen LogP contribution in [0, 0.1) is 0 Å². The highest BCUT2D eigenvalue weighted by Crippen LogP contribution is 2.05. The van der Waals surface area contributed by atoms with E-state index in [1.165, 1.54) is 0 Å². The van der Waals surface area contributed by atoms with Gasteiger partial charge in [0.05, 0.1) is 0 Å². The first-order chi connectivity index (χ1) is 4.56. The fraction of sp³-hybridized carbons (Fsp3) is 0.857. The van der Waals surface area contributed by atoms with Gasteiger partial charge >= 0.3 is 0 Å². The van der Waals surface area contributed by atoms with Crippen molar-refractivity contribution in [2.75, 3.05) is 6.54 Å². The van der Waals surface area contributed by atoms with Crippen molar-refractivity contribution in [3.8, 4) is 0 Å². The van der Waals surface area contributed by atoms with E-state index in [2.05, 4.69) is 5.16 Å². The predicted octanol–water partition coefficient (Wildman–Crippen LogP) is 1.14. The van der Waals surface area contributed by atoms with Crippen LogP contribution in [0.4, 0.5) is 0 Å². The van der Waals surface area contributed by atoms with E-state index in [4.69, 9.17) is 10.6 Å². The van der Waals surface area contributed by atoms with Crippen LogP contribution in [0.1, 0.15) is 27.2 Å². The number of oxime groups is 1. The highest BCUT2D eigenvalue weighted by atomic mass is 16.6. The molecule has 0 atom stereocenters. The van der Waals surface area contributed by atoms with E-state index in [1.807, 2.05) is 20.8 Å². The van der Waals surface area contributed by atoms with Gasteiger partial charge in [0.15, 0.2) is 0 Å². The molecule has 10 heavy (non-hydrogen) atoms. The van der Waals surface area contributed by atoms with Crippen LogP contribution in [-0.4, -0.2) is 18.4 Å². The quantitative estimate of drug-likeness (QED) is 0.477. The first-order valence-corrected chi connectivity index (χ1v) is 3.46. The average Bonchev–Trinajstić information content (AvgIpc) is 1.78. The van der Waals surface area contributed by atoms with Gasteiger partial charge in [-0.15, -0.1) is 0 Å². The second-order valence-electron chi connectivity index (χ2n) is 3.07. The SMILES string of the molecule is CC(C)(C)ON=CCCN. The van der Waals surface area contributed by atoms with E-state index in [-0.39, 0.29) is 5.60 Å². The molecule has 0 aliphatic heterocycles. The van der Waals surface area contributed by atoms with E-state index < -0.39 is 0 Å². The van der Waals surface area contributed by atoms with Crippen molar-refractivity contribution in [2.45, 2.75) is 32.8 Å². The third-order valence-corrected chi connectivity index (χ3v) is 0.697. The Morgan fingerprint density at radius 3 is 2.50 bits per heavy atom. The minimum absolute atomic E-state index is 0.189. The molecule has 0 amide bonds. The molecular weight excluding hydrogens is 128 g/mol. The summed E-state index contributed by atoms with van der Waals surface area (Å²) in [5, 5.41) is 3.73. The molecule has 60 valence electrons. The molecule has 0 rings (SSSR count). The monoisotopic (exact) mass is 144 g/mol. The Morgan fingerprint density at radius 1 is 1.50 bits per heavy atom. The summed E-state index contributed by atoms with van der Waals surface area (Å²) >= 11 is 0. The van der Waals surface area contributed by atoms with Crippen LogP contribution >= 0.6 is 0 Å². The van der Waals surface area contributed by atoms with Crippen molar-refractivity contribution in [1.82, 2.24) is 0 Å². The fourth-order valence-corrected chi connectivity index (χ4v) is 0.323. The van der Waals surface area contributed by atoms with Crippen molar-refractivity contribution in [3.63, 3.8) is 0 Å². The summed E-state index contributed by atoms with van der Waals surface area (Å²) < 4.78 is 0. The molecule has 0 radical (unpaired) electrons. The molecule has 0 fully saturated rings. The summed E-state index contributed by atoms with van der Waals surface area (Å²) in [5.74, 6) is 0. The Bertz CT molecular complexity index is 105. The third-order valence-electron chi connectivity index (χ3n) is 0.697. The number of nitrogens with zero attached hydrogens (tertiary/aromatic N) is 1. The Labute approximate surface area is 62.2 Å². The van der Waals surface area contributed by atoms with Gasteiger partial charge in [0.1, 0.15) is 5.60 Å². The van der Waals surface area contributed by atoms with Gasteiger partial charge < -0.3 is 10.6 Å². The number of rotatable bonds is 3. The molecule has 0 aromatic rings. The number of nitrogens with two attached hydrogens (primary N) is 1. The van der Waals surface area contributed by atoms with Crippen LogP contribution in [0.25, 0.3) is 0 Å². The lowest BCUT2D eigenvalue weighted by atomic mass is 10.2. The first-order valence-electron chi connectivity index (χ1n) is 3.46. The molecule has 0 aromatic heterocycles. The fourth-order valence-electron chi connectivity index (χ4n) is 0.323. The summed E-state index contributed by atoms with van der Waals surface area (Å²) in [6.45, 7) is 6.48. The van der Waals surface area contributed by atoms with Gasteiger partial charge in [-0.2, -0.15) is 0 Å². The van der Waals surface area contributed by atoms with Gasteiger partial charge in [-0.1, -0.05) is 5.16 Å². The number of hydrogen-bond acceptors (Lipinski definition) is 3. The molecule has 0 saturated carbocycles. The van der Waals surface area contributed by atoms with Gasteiger partial charge in [-0.05, 0) is 33.7 Å². The summed E-state index contributed by atoms with van der Waals surface area (Å²) in [6.07, 6.45) is 2.46. The molecule has 3 nitrogen and oxygen atoms in total. The van der Waals surface area contributed by atoms with Crippen molar-refractivity contribution < 1.29 is 4.84 Å². The Morgan fingerprint density at radius 2 is 2.10 bits per heavy atom. The Balaban J connectivity index is 3.34. The van der Waals surface area contributed by atoms with E-state index in [9.17, 15) is 0 Å². The lowest BCUT2D eigenvalue weighted by Crippen LogP contribution is -2.15. The Hall–Kier alpha value is -0.570. The average molecular weight is 144 g/mol. The zero-order chi connectivity index (χ0) is 8.04. The molecule has 0 spiro atoms. The number of hydrogen-bond donors (Lipinski definition) is 1. The molecule has 0 heterocycles. The van der Waals surface area contributed by atoms with Crippen molar-refractivity contribution in [2.24, 2.45) is 10.9 Å². The topological polar surface area (TPSA) is 47.6 Å². The largest absolute Gasteiger partial charge is 0.390 e. The molecule has 3 heteroatoms. The predicted molar refractivity (Wildman–Crippen MR) is 43.0 cm³/mol. The summed E-state index contributed by atoms with van der Waals surface area (Å²) in [6, 6.07) is 0. The summed E-state index contributed by atoms with van der Waals surface area (Å²) in [4.78, 5) is 5.05. The lowest BCUT2D eigenvalue weighted by molar-refractivity contribution is 0.00160. The zero-order valence-electron chi connectivity index (χ0n) is 6.92. The molecule has 0 aliphatic rings. The maximum Gasteiger partial charge on any atom is 0.129 e. The highest BCUT2D eigenvalue weighted by molar-refractivity contribution is 5.56. The Kier molecular flexibility index (Phi) is 4.03. The van der Waals surface area contributed by atoms with Gasteiger partial charge in [0, 0.05) is 6.21 Å². The van der Waals surface area contributed by atoms with Crippen molar-refractivity contribution in [3.05, 3.63) is 0 Å². The minimum Gasteiger partial charge on any atom is -0.390 e. The van der Waals surface area contributed by atoms with E-state index >= 15 is 0 Å². The molecular formula is C7H16N2O. The highest BCUT2D eigenvalue weighted by Gasteiger charge is 2.08. The first kappa shape index (κ1) is 9.43. The van der Waals surface area contributed by atoms with Crippen molar-refractivity contribution >= 4 is 6.21 Å². The van der Waals surface area contributed by atoms with E-state index in [1.54, 1.807) is 6.21 Å². The van der Waals surface area contributed by atoms with Crippen LogP contribution in [0.5, 0.6) is 0 Å². The maximum atomic E-state index is 5.23. The second-order valence-corrected chi connectivity index (χ2v) is 3.07. The third kappa shape index (κ3) is 7.43. The van der Waals surface area contributed by atoms with E-state index in [0.717, 1.165) is 6.42 Å². The van der Waals surface area contributed by atoms with Gasteiger partial charge in [-0.3, -0.25) is 0 Å². The van der Waals surface area contributed by atoms with Gasteiger partial charge in [0.2, 0.25) is 0 Å². The lowest BCUT2D eigenvalue weighted by Gasteiger charge is -2.14. The zero-order valence-corrected chi connectivity index (χ0v) is 6.92. The standard InChI is InChI=1S/C7H16N2O/c1-7(2,3)10-9-6-4-5-8/h6H,4-5,8H2,1-3H3. The van der Waals surface area contributed by atoms with Crippen LogP contribution in [0.3, 0.4) is 0 Å². The van der Waals surface area contributed by atoms with Crippen molar-refractivity contribution in [1.29, 1.82) is 0 Å². The van der Waals surface area contributed by atoms with Crippen LogP contribution in [0.15, 0.2) is 5.16 Å². The normalized spacial score (nSPS) is 12.4. The van der Waals surface area contributed by atoms with Crippen LogP contribution in [0.2, 0.25) is 0 Å². The molecule has 0 aliphatic carbocycles. The molecule has 0 unspecified atom stereocenters. The molecule has 2 N–H and O–H groups in total. The smallest absolute Gasteiger partial charge is 0.129 e. The van der Waals surface area contributed by atoms with E-state index in [0.29, 0.717) is 6.54 Å². The van der Waals surface area contributed by atoms with Crippen LogP contribution < -0.4 is 5.73 Å². The molecule has 0 bridgehead atoms. The minimum atomic E-state index is -0.189. The molecule has 0 aromatic carbocycles. The molecule has 0 saturated heterocycles. The van der Waals surface area contributed by atoms with Gasteiger partial charge in [-0.25, -0.2) is 0 Å². The second kappa shape index (κ2) is 4.28. The summed E-state index contributed by atoms with van der Waals surface area (Å²) in [7, 11) is 0. The van der Waals surface area contributed by atoms with Gasteiger partial charge in [0.25, 0.3) is 0 Å². The van der Waals surface area contributed by atoms with Crippen LogP contribution in [-0.2, 0) is 4.84 Å².